The first-order valence-electron chi connectivity index (χ1n) is 7.59. The average Bonchev–Trinajstić information content (AvgIpc) is 3.17. The molecule has 2 heterocycles. The van der Waals surface area contributed by atoms with Gasteiger partial charge in [0.05, 0.1) is 18.4 Å². The smallest absolute Gasteiger partial charge is 0.337 e. The highest BCUT2D eigenvalue weighted by molar-refractivity contribution is 5.95. The van der Waals surface area contributed by atoms with Gasteiger partial charge in [-0.05, 0) is 44.5 Å². The number of likely N-dealkylation sites (tertiary alicyclic amines) is 1. The van der Waals surface area contributed by atoms with Gasteiger partial charge < -0.3 is 14.7 Å². The van der Waals surface area contributed by atoms with Gasteiger partial charge in [0.2, 0.25) is 0 Å². The van der Waals surface area contributed by atoms with Crippen LogP contribution in [0.4, 0.5) is 5.69 Å². The number of aromatic carboxylic acids is 1. The molecule has 114 valence electrons. The van der Waals surface area contributed by atoms with Crippen LogP contribution in [0.1, 0.15) is 29.6 Å². The van der Waals surface area contributed by atoms with Gasteiger partial charge in [0.1, 0.15) is 5.75 Å². The third kappa shape index (κ3) is 2.83. The van der Waals surface area contributed by atoms with Gasteiger partial charge in [-0.15, -0.1) is 0 Å². The summed E-state index contributed by atoms with van der Waals surface area (Å²) in [6, 6.07) is 5.75. The van der Waals surface area contributed by atoms with Crippen molar-refractivity contribution in [2.24, 2.45) is 0 Å². The molecule has 5 heteroatoms. The summed E-state index contributed by atoms with van der Waals surface area (Å²) in [5.41, 5.74) is 1.14. The van der Waals surface area contributed by atoms with E-state index in [-0.39, 0.29) is 0 Å². The fourth-order valence-electron chi connectivity index (χ4n) is 3.45. The highest BCUT2D eigenvalue weighted by Gasteiger charge is 2.31. The standard InChI is InChI=1S/C16H22N2O3/c1-21-13-4-5-14(16(19)20)15(10-13)18-9-6-12(11-18)17-7-2-3-8-17/h4-5,10,12H,2-3,6-9,11H2,1H3,(H,19,20). The van der Waals surface area contributed by atoms with Gasteiger partial charge in [-0.2, -0.15) is 0 Å². The molecule has 2 saturated heterocycles. The van der Waals surface area contributed by atoms with Gasteiger partial charge in [0, 0.05) is 25.2 Å². The molecule has 2 aliphatic heterocycles. The van der Waals surface area contributed by atoms with Crippen LogP contribution in [-0.2, 0) is 0 Å². The Morgan fingerprint density at radius 2 is 2.05 bits per heavy atom. The van der Waals surface area contributed by atoms with Gasteiger partial charge in [-0.25, -0.2) is 4.79 Å². The van der Waals surface area contributed by atoms with Crippen LogP contribution in [0.2, 0.25) is 0 Å². The minimum atomic E-state index is -0.878. The van der Waals surface area contributed by atoms with E-state index in [9.17, 15) is 9.90 Å². The van der Waals surface area contributed by atoms with E-state index in [2.05, 4.69) is 9.80 Å². The molecular formula is C16H22N2O3. The predicted octanol–water partition coefficient (Wildman–Crippen LogP) is 2.07. The second-order valence-corrected chi connectivity index (χ2v) is 5.82. The van der Waals surface area contributed by atoms with E-state index in [4.69, 9.17) is 4.74 Å². The minimum absolute atomic E-state index is 0.359. The lowest BCUT2D eigenvalue weighted by molar-refractivity contribution is 0.0697. The van der Waals surface area contributed by atoms with E-state index in [0.717, 1.165) is 25.2 Å². The van der Waals surface area contributed by atoms with Crippen molar-refractivity contribution < 1.29 is 14.6 Å². The Labute approximate surface area is 125 Å². The number of rotatable bonds is 4. The molecule has 3 rings (SSSR count). The molecule has 1 N–H and O–H groups in total. The first-order chi connectivity index (χ1) is 10.2. The van der Waals surface area contributed by atoms with Crippen molar-refractivity contribution >= 4 is 11.7 Å². The summed E-state index contributed by atoms with van der Waals surface area (Å²) in [6.45, 7) is 4.19. The van der Waals surface area contributed by atoms with Crippen molar-refractivity contribution in [3.63, 3.8) is 0 Å². The molecule has 0 radical (unpaired) electrons. The van der Waals surface area contributed by atoms with E-state index in [1.165, 1.54) is 25.9 Å². The highest BCUT2D eigenvalue weighted by atomic mass is 16.5. The first kappa shape index (κ1) is 14.2. The van der Waals surface area contributed by atoms with Crippen molar-refractivity contribution in [1.82, 2.24) is 4.90 Å². The number of methoxy groups -OCH3 is 1. The average molecular weight is 290 g/mol. The lowest BCUT2D eigenvalue weighted by Gasteiger charge is -2.25. The van der Waals surface area contributed by atoms with E-state index in [0.29, 0.717) is 17.4 Å². The first-order valence-corrected chi connectivity index (χ1v) is 7.59. The molecule has 1 aromatic carbocycles. The van der Waals surface area contributed by atoms with Gasteiger partial charge in [0.15, 0.2) is 0 Å². The van der Waals surface area contributed by atoms with Crippen LogP contribution in [0.3, 0.4) is 0 Å². The number of anilines is 1. The Morgan fingerprint density at radius 1 is 1.29 bits per heavy atom. The number of ether oxygens (including phenoxy) is 1. The fraction of sp³-hybridized carbons (Fsp3) is 0.562. The molecule has 1 atom stereocenters. The molecule has 0 saturated carbocycles. The molecule has 0 aromatic heterocycles. The lowest BCUT2D eigenvalue weighted by atomic mass is 10.1. The Bertz CT molecular complexity index is 526. The molecule has 0 aliphatic carbocycles. The normalized spacial score (nSPS) is 22.7. The van der Waals surface area contributed by atoms with Crippen molar-refractivity contribution in [3.05, 3.63) is 23.8 Å². The molecule has 2 fully saturated rings. The van der Waals surface area contributed by atoms with Crippen LogP contribution in [-0.4, -0.2) is 55.3 Å². The largest absolute Gasteiger partial charge is 0.497 e. The zero-order valence-electron chi connectivity index (χ0n) is 12.4. The van der Waals surface area contributed by atoms with Gasteiger partial charge in [-0.1, -0.05) is 0 Å². The van der Waals surface area contributed by atoms with Crippen LogP contribution < -0.4 is 9.64 Å². The van der Waals surface area contributed by atoms with Crippen LogP contribution in [0.15, 0.2) is 18.2 Å². The third-order valence-corrected chi connectivity index (χ3v) is 4.60. The van der Waals surface area contributed by atoms with Gasteiger partial charge in [0.25, 0.3) is 0 Å². The molecule has 21 heavy (non-hydrogen) atoms. The summed E-state index contributed by atoms with van der Waals surface area (Å²) in [4.78, 5) is 16.2. The number of carboxylic acid groups (broad SMARTS) is 1. The van der Waals surface area contributed by atoms with E-state index in [1.807, 2.05) is 6.07 Å². The zero-order chi connectivity index (χ0) is 14.8. The van der Waals surface area contributed by atoms with Crippen LogP contribution >= 0.6 is 0 Å². The maximum absolute atomic E-state index is 11.4. The van der Waals surface area contributed by atoms with E-state index in [1.54, 1.807) is 19.2 Å². The number of carbonyl (C=O) groups is 1. The molecule has 5 nitrogen and oxygen atoms in total. The van der Waals surface area contributed by atoms with E-state index >= 15 is 0 Å². The number of benzene rings is 1. The molecule has 0 bridgehead atoms. The SMILES string of the molecule is COc1ccc(C(=O)O)c(N2CCC(N3CCCC3)C2)c1. The lowest BCUT2D eigenvalue weighted by Crippen LogP contribution is -2.35. The molecule has 0 amide bonds. The quantitative estimate of drug-likeness (QED) is 0.920. The number of nitrogens with zero attached hydrogens (tertiary/aromatic N) is 2. The van der Waals surface area contributed by atoms with Crippen LogP contribution in [0, 0.1) is 0 Å². The monoisotopic (exact) mass is 290 g/mol. The Kier molecular flexibility index (Phi) is 4.01. The molecule has 1 aromatic rings. The molecule has 2 aliphatic rings. The number of hydrogen-bond donors (Lipinski definition) is 1. The second kappa shape index (κ2) is 5.93. The molecule has 0 spiro atoms. The summed E-state index contributed by atoms with van der Waals surface area (Å²) < 4.78 is 5.25. The minimum Gasteiger partial charge on any atom is -0.497 e. The van der Waals surface area contributed by atoms with Crippen molar-refractivity contribution in [2.45, 2.75) is 25.3 Å². The number of hydrogen-bond acceptors (Lipinski definition) is 4. The summed E-state index contributed by atoms with van der Waals surface area (Å²) in [5, 5.41) is 9.39. The Morgan fingerprint density at radius 3 is 2.71 bits per heavy atom. The highest BCUT2D eigenvalue weighted by Crippen LogP contribution is 2.31. The maximum Gasteiger partial charge on any atom is 0.337 e. The maximum atomic E-state index is 11.4. The summed E-state index contributed by atoms with van der Waals surface area (Å²) in [7, 11) is 1.61. The molecule has 1 unspecified atom stereocenters. The predicted molar refractivity (Wildman–Crippen MR) is 81.4 cm³/mol. The van der Waals surface area contributed by atoms with Gasteiger partial charge in [-0.3, -0.25) is 4.90 Å². The third-order valence-electron chi connectivity index (χ3n) is 4.60. The molecular weight excluding hydrogens is 268 g/mol. The van der Waals surface area contributed by atoms with Crippen molar-refractivity contribution in [3.8, 4) is 5.75 Å². The van der Waals surface area contributed by atoms with Crippen molar-refractivity contribution in [2.75, 3.05) is 38.2 Å². The topological polar surface area (TPSA) is 53.0 Å². The summed E-state index contributed by atoms with van der Waals surface area (Å²) in [5.74, 6) is -0.170. The Hall–Kier alpha value is -1.75. The van der Waals surface area contributed by atoms with E-state index < -0.39 is 5.97 Å². The second-order valence-electron chi connectivity index (χ2n) is 5.82. The summed E-state index contributed by atoms with van der Waals surface area (Å²) >= 11 is 0. The fourth-order valence-corrected chi connectivity index (χ4v) is 3.45. The van der Waals surface area contributed by atoms with Gasteiger partial charge >= 0.3 is 5.97 Å². The zero-order valence-corrected chi connectivity index (χ0v) is 12.4. The Balaban J connectivity index is 1.81. The summed E-state index contributed by atoms with van der Waals surface area (Å²) in [6.07, 6.45) is 3.68. The number of carboxylic acids is 1. The van der Waals surface area contributed by atoms with Crippen LogP contribution in [0.5, 0.6) is 5.75 Å². The van der Waals surface area contributed by atoms with Crippen LogP contribution in [0.25, 0.3) is 0 Å². The van der Waals surface area contributed by atoms with Crippen molar-refractivity contribution in [1.29, 1.82) is 0 Å².